The van der Waals surface area contributed by atoms with Gasteiger partial charge in [0.05, 0.1) is 9.26 Å². The van der Waals surface area contributed by atoms with Crippen LogP contribution in [-0.2, 0) is 11.3 Å². The molecule has 2 aromatic rings. The van der Waals surface area contributed by atoms with E-state index in [1.807, 2.05) is 5.32 Å². The normalized spacial score (nSPS) is 10.3. The predicted octanol–water partition coefficient (Wildman–Crippen LogP) is 4.46. The lowest BCUT2D eigenvalue weighted by molar-refractivity contribution is 0.155. The predicted molar refractivity (Wildman–Crippen MR) is 79.3 cm³/mol. The van der Waals surface area contributed by atoms with Gasteiger partial charge >= 0.3 is 6.09 Å². The molecule has 0 aliphatic heterocycles. The molecule has 0 aliphatic rings. The molecular formula is C14H9F3INO2. The summed E-state index contributed by atoms with van der Waals surface area (Å²) >= 11 is 1.34. The van der Waals surface area contributed by atoms with Crippen LogP contribution in [0.1, 0.15) is 5.56 Å². The molecule has 0 saturated carbocycles. The molecule has 0 radical (unpaired) electrons. The van der Waals surface area contributed by atoms with Gasteiger partial charge in [0, 0.05) is 6.07 Å². The summed E-state index contributed by atoms with van der Waals surface area (Å²) in [6.45, 7) is -0.0381. The number of nitrogens with one attached hydrogen (secondary N) is 1. The summed E-state index contributed by atoms with van der Waals surface area (Å²) in [6, 6.07) is 9.50. The lowest BCUT2D eigenvalue weighted by Crippen LogP contribution is -2.15. The molecule has 2 aromatic carbocycles. The van der Waals surface area contributed by atoms with Crippen LogP contribution >= 0.6 is 22.6 Å². The smallest absolute Gasteiger partial charge is 0.412 e. The first-order chi connectivity index (χ1) is 9.99. The van der Waals surface area contributed by atoms with Crippen LogP contribution in [0.3, 0.4) is 0 Å². The largest absolute Gasteiger partial charge is 0.444 e. The molecule has 0 aliphatic carbocycles. The number of amides is 1. The molecule has 0 saturated heterocycles. The number of hydrogen-bond acceptors (Lipinski definition) is 2. The second kappa shape index (κ2) is 6.79. The Labute approximate surface area is 132 Å². The summed E-state index contributed by atoms with van der Waals surface area (Å²) in [5, 5.41) is 1.97. The first-order valence-electron chi connectivity index (χ1n) is 5.79. The van der Waals surface area contributed by atoms with Gasteiger partial charge < -0.3 is 4.74 Å². The van der Waals surface area contributed by atoms with E-state index in [1.165, 1.54) is 22.6 Å². The second-order valence-corrected chi connectivity index (χ2v) is 5.11. The first-order valence-corrected chi connectivity index (χ1v) is 6.87. The summed E-state index contributed by atoms with van der Waals surface area (Å²) < 4.78 is 44.6. The maximum Gasteiger partial charge on any atom is 0.412 e. The maximum atomic E-state index is 13.5. The monoisotopic (exact) mass is 407 g/mol. The van der Waals surface area contributed by atoms with E-state index in [4.69, 9.17) is 4.74 Å². The van der Waals surface area contributed by atoms with Gasteiger partial charge in [-0.2, -0.15) is 0 Å². The highest BCUT2D eigenvalue weighted by Crippen LogP contribution is 2.25. The van der Waals surface area contributed by atoms with Gasteiger partial charge in [0.15, 0.2) is 11.6 Å². The fourth-order valence-corrected chi connectivity index (χ4v) is 1.93. The zero-order valence-corrected chi connectivity index (χ0v) is 12.7. The number of rotatable bonds is 3. The van der Waals surface area contributed by atoms with E-state index >= 15 is 0 Å². The zero-order chi connectivity index (χ0) is 15.4. The van der Waals surface area contributed by atoms with Gasteiger partial charge in [-0.3, -0.25) is 5.32 Å². The van der Waals surface area contributed by atoms with E-state index in [1.54, 1.807) is 30.3 Å². The van der Waals surface area contributed by atoms with E-state index < -0.39 is 32.8 Å². The summed E-state index contributed by atoms with van der Waals surface area (Å²) in [6.07, 6.45) is -1.00. The van der Waals surface area contributed by atoms with Crippen LogP contribution in [0, 0.1) is 21.0 Å². The van der Waals surface area contributed by atoms with Crippen LogP contribution in [0.15, 0.2) is 36.4 Å². The minimum atomic E-state index is -1.35. The van der Waals surface area contributed by atoms with Gasteiger partial charge in [0.1, 0.15) is 12.4 Å². The molecule has 2 rings (SSSR count). The van der Waals surface area contributed by atoms with Gasteiger partial charge in [-0.1, -0.05) is 30.3 Å². The molecular weight excluding hydrogens is 398 g/mol. The number of carbonyl (C=O) groups is 1. The highest BCUT2D eigenvalue weighted by atomic mass is 127. The van der Waals surface area contributed by atoms with Crippen molar-refractivity contribution >= 4 is 34.4 Å². The summed E-state index contributed by atoms with van der Waals surface area (Å²) in [5.74, 6) is -3.65. The molecule has 110 valence electrons. The van der Waals surface area contributed by atoms with E-state index in [0.29, 0.717) is 6.07 Å². The third kappa shape index (κ3) is 3.87. The zero-order valence-electron chi connectivity index (χ0n) is 10.5. The van der Waals surface area contributed by atoms with Crippen molar-refractivity contribution in [3.63, 3.8) is 0 Å². The van der Waals surface area contributed by atoms with E-state index in [0.717, 1.165) is 5.56 Å². The Kier molecular flexibility index (Phi) is 5.05. The first kappa shape index (κ1) is 15.6. The number of ether oxygens (including phenoxy) is 1. The summed E-state index contributed by atoms with van der Waals surface area (Å²) in [5.41, 5.74) is 0.122. The molecule has 0 spiro atoms. The van der Waals surface area contributed by atoms with Crippen LogP contribution in [0.4, 0.5) is 23.7 Å². The van der Waals surface area contributed by atoms with E-state index in [2.05, 4.69) is 0 Å². The Hall–Kier alpha value is -1.77. The average molecular weight is 407 g/mol. The van der Waals surface area contributed by atoms with Gasteiger partial charge in [-0.05, 0) is 28.2 Å². The Morgan fingerprint density at radius 3 is 2.48 bits per heavy atom. The Balaban J connectivity index is 2.03. The summed E-state index contributed by atoms with van der Waals surface area (Å²) in [7, 11) is 0. The number of carbonyl (C=O) groups excluding carboxylic acids is 1. The number of benzene rings is 2. The molecule has 0 heterocycles. The van der Waals surface area contributed by atoms with E-state index in [9.17, 15) is 18.0 Å². The number of hydrogen-bond donors (Lipinski definition) is 1. The van der Waals surface area contributed by atoms with Crippen LogP contribution in [0.2, 0.25) is 0 Å². The van der Waals surface area contributed by atoms with Crippen LogP contribution < -0.4 is 5.32 Å². The van der Waals surface area contributed by atoms with Gasteiger partial charge in [-0.25, -0.2) is 18.0 Å². The molecule has 21 heavy (non-hydrogen) atoms. The molecule has 1 amide bonds. The Morgan fingerprint density at radius 1 is 1.14 bits per heavy atom. The summed E-state index contributed by atoms with van der Waals surface area (Å²) in [4.78, 5) is 11.5. The minimum absolute atomic E-state index is 0.0381. The highest BCUT2D eigenvalue weighted by Gasteiger charge is 2.18. The van der Waals surface area contributed by atoms with Gasteiger partial charge in [0.2, 0.25) is 0 Å². The van der Waals surface area contributed by atoms with Crippen molar-refractivity contribution in [2.45, 2.75) is 6.61 Å². The standard InChI is InChI=1S/C14H9F3INO2/c15-9-6-10(11(16)12(17)13(9)18)19-14(20)21-7-8-4-2-1-3-5-8/h1-6H,7H2,(H,19,20). The molecule has 3 nitrogen and oxygen atoms in total. The third-order valence-corrected chi connectivity index (χ3v) is 3.54. The van der Waals surface area contributed by atoms with Gasteiger partial charge in [-0.15, -0.1) is 0 Å². The molecule has 0 unspecified atom stereocenters. The van der Waals surface area contributed by atoms with Crippen molar-refractivity contribution in [2.75, 3.05) is 5.32 Å². The van der Waals surface area contributed by atoms with Crippen LogP contribution in [0.5, 0.6) is 0 Å². The molecule has 1 N–H and O–H groups in total. The SMILES string of the molecule is O=C(Nc1cc(F)c(I)c(F)c1F)OCc1ccccc1. The topological polar surface area (TPSA) is 38.3 Å². The lowest BCUT2D eigenvalue weighted by atomic mass is 10.2. The molecule has 7 heteroatoms. The fourth-order valence-electron chi connectivity index (χ4n) is 1.53. The average Bonchev–Trinajstić information content (AvgIpc) is 2.49. The van der Waals surface area contributed by atoms with Crippen molar-refractivity contribution in [2.24, 2.45) is 0 Å². The molecule has 0 atom stereocenters. The van der Waals surface area contributed by atoms with E-state index in [-0.39, 0.29) is 6.61 Å². The number of halogens is 4. The lowest BCUT2D eigenvalue weighted by Gasteiger charge is -2.09. The van der Waals surface area contributed by atoms with Crippen molar-refractivity contribution in [3.8, 4) is 0 Å². The fraction of sp³-hybridized carbons (Fsp3) is 0.0714. The molecule has 0 bridgehead atoms. The number of anilines is 1. The third-order valence-electron chi connectivity index (χ3n) is 2.55. The van der Waals surface area contributed by atoms with Crippen molar-refractivity contribution in [3.05, 3.63) is 63.0 Å². The minimum Gasteiger partial charge on any atom is -0.444 e. The Bertz CT molecular complexity index is 665. The van der Waals surface area contributed by atoms with Gasteiger partial charge in [0.25, 0.3) is 0 Å². The maximum absolute atomic E-state index is 13.5. The molecule has 0 fully saturated rings. The highest BCUT2D eigenvalue weighted by molar-refractivity contribution is 14.1. The van der Waals surface area contributed by atoms with Crippen molar-refractivity contribution in [1.82, 2.24) is 0 Å². The van der Waals surface area contributed by atoms with Crippen molar-refractivity contribution < 1.29 is 22.7 Å². The molecule has 0 aromatic heterocycles. The second-order valence-electron chi connectivity index (χ2n) is 4.03. The van der Waals surface area contributed by atoms with Crippen LogP contribution in [0.25, 0.3) is 0 Å². The van der Waals surface area contributed by atoms with Crippen molar-refractivity contribution in [1.29, 1.82) is 0 Å². The van der Waals surface area contributed by atoms with Crippen LogP contribution in [-0.4, -0.2) is 6.09 Å². The Morgan fingerprint density at radius 2 is 1.81 bits per heavy atom. The quantitative estimate of drug-likeness (QED) is 0.464.